The van der Waals surface area contributed by atoms with E-state index in [0.29, 0.717) is 0 Å². The summed E-state index contributed by atoms with van der Waals surface area (Å²) in [6.45, 7) is -0.265. The van der Waals surface area contributed by atoms with Crippen LogP contribution in [0.1, 0.15) is 6.92 Å². The second kappa shape index (κ2) is 10.1. The van der Waals surface area contributed by atoms with Crippen molar-refractivity contribution in [3.63, 3.8) is 0 Å². The van der Waals surface area contributed by atoms with E-state index in [4.69, 9.17) is 29.6 Å². The summed E-state index contributed by atoms with van der Waals surface area (Å²) in [7, 11) is 0. The first-order valence-corrected chi connectivity index (χ1v) is 8.39. The number of hydrogen-bond donors (Lipinski definition) is 8. The van der Waals surface area contributed by atoms with Crippen molar-refractivity contribution < 1.29 is 64.8 Å². The van der Waals surface area contributed by atoms with Crippen LogP contribution in [0.15, 0.2) is 0 Å². The molecule has 0 saturated carbocycles. The molecule has 0 spiro atoms. The highest BCUT2D eigenvalue weighted by Gasteiger charge is 2.50. The molecule has 2 aliphatic heterocycles. The quantitative estimate of drug-likeness (QED) is 0.145. The zero-order valence-electron chi connectivity index (χ0n) is 14.8. The van der Waals surface area contributed by atoms with E-state index in [9.17, 15) is 30.3 Å². The molecule has 28 heavy (non-hydrogen) atoms. The Labute approximate surface area is 158 Å². The van der Waals surface area contributed by atoms with Crippen molar-refractivity contribution in [2.75, 3.05) is 13.2 Å². The van der Waals surface area contributed by atoms with Gasteiger partial charge in [0.05, 0.1) is 13.2 Å². The molecule has 14 nitrogen and oxygen atoms in total. The minimum atomic E-state index is -1.82. The summed E-state index contributed by atoms with van der Waals surface area (Å²) >= 11 is 0. The maximum absolute atomic E-state index is 11.2. The number of aliphatic hydroxyl groups excluding tert-OH is 6. The second-order valence-corrected chi connectivity index (χ2v) is 6.39. The van der Waals surface area contributed by atoms with Crippen molar-refractivity contribution in [1.82, 2.24) is 5.32 Å². The molecule has 0 bridgehead atoms. The van der Waals surface area contributed by atoms with Gasteiger partial charge in [0.15, 0.2) is 24.8 Å². The molecule has 0 aromatic heterocycles. The lowest BCUT2D eigenvalue weighted by Gasteiger charge is -2.43. The van der Waals surface area contributed by atoms with Crippen molar-refractivity contribution in [1.29, 1.82) is 0 Å². The zero-order valence-corrected chi connectivity index (χ0v) is 14.8. The molecular formula is C14H25NO13. The maximum atomic E-state index is 11.2. The third-order valence-electron chi connectivity index (χ3n) is 4.46. The zero-order chi connectivity index (χ0) is 21.0. The van der Waals surface area contributed by atoms with Gasteiger partial charge in [-0.2, -0.15) is 0 Å². The van der Waals surface area contributed by atoms with Crippen molar-refractivity contribution >= 4 is 5.91 Å². The van der Waals surface area contributed by atoms with Gasteiger partial charge in [0.25, 0.3) is 0 Å². The van der Waals surface area contributed by atoms with Gasteiger partial charge in [-0.1, -0.05) is 0 Å². The van der Waals surface area contributed by atoms with E-state index in [-0.39, 0.29) is 0 Å². The fraction of sp³-hybridized carbons (Fsp3) is 0.929. The van der Waals surface area contributed by atoms with E-state index in [2.05, 4.69) is 10.2 Å². The van der Waals surface area contributed by atoms with Gasteiger partial charge in [-0.05, 0) is 0 Å². The lowest BCUT2D eigenvalue weighted by atomic mass is 9.97. The highest BCUT2D eigenvalue weighted by atomic mass is 17.2. The third kappa shape index (κ3) is 4.93. The molecule has 10 atom stereocenters. The summed E-state index contributed by atoms with van der Waals surface area (Å²) in [5.41, 5.74) is 0. The van der Waals surface area contributed by atoms with E-state index >= 15 is 0 Å². The molecular weight excluding hydrogens is 390 g/mol. The van der Waals surface area contributed by atoms with Gasteiger partial charge in [0.2, 0.25) is 5.91 Å². The molecule has 0 aliphatic carbocycles. The van der Waals surface area contributed by atoms with E-state index in [1.54, 1.807) is 0 Å². The molecule has 0 aromatic carbocycles. The molecule has 0 aromatic rings. The summed E-state index contributed by atoms with van der Waals surface area (Å²) in [6.07, 6.45) is -14.0. The monoisotopic (exact) mass is 415 g/mol. The molecule has 2 aliphatic rings. The molecule has 8 N–H and O–H groups in total. The molecule has 1 amide bonds. The Bertz CT molecular complexity index is 510. The van der Waals surface area contributed by atoms with E-state index in [0.717, 1.165) is 6.92 Å². The average molecular weight is 415 g/mol. The van der Waals surface area contributed by atoms with Gasteiger partial charge in [-0.25, -0.2) is 14.7 Å². The van der Waals surface area contributed by atoms with Gasteiger partial charge in [-0.3, -0.25) is 10.1 Å². The molecule has 0 radical (unpaired) electrons. The number of carbonyl (C=O) groups excluding carboxylic acids is 1. The molecule has 2 saturated heterocycles. The number of amides is 1. The molecule has 2 rings (SSSR count). The van der Waals surface area contributed by atoms with Crippen LogP contribution in [-0.4, -0.2) is 116 Å². The van der Waals surface area contributed by atoms with E-state index in [1.165, 1.54) is 0 Å². The van der Waals surface area contributed by atoms with E-state index < -0.39 is 80.5 Å². The van der Waals surface area contributed by atoms with Gasteiger partial charge in [0, 0.05) is 6.92 Å². The minimum absolute atomic E-state index is 0.586. The van der Waals surface area contributed by atoms with Crippen LogP contribution in [0.4, 0.5) is 0 Å². The van der Waals surface area contributed by atoms with Gasteiger partial charge < -0.3 is 45.4 Å². The fourth-order valence-corrected chi connectivity index (χ4v) is 3.00. The Hall–Kier alpha value is -1.01. The topological polar surface area (TPSA) is 217 Å². The Morgan fingerprint density at radius 1 is 0.893 bits per heavy atom. The molecule has 2 heterocycles. The Kier molecular flexibility index (Phi) is 8.44. The standard InChI is InChI=1S/C14H25NO13/c1-4(18)15-7-9(20)10(6(3-17)25-13(7)21)27-28-12-11(26-23)8(19)5(2-16)24-14(12)22/h5-14,16-17,19-23H,2-3H2,1H3,(H,15,18)/t5-,6-,7-,8-,9-,10-,11+,12+,13+,14-/m1/s1. The second-order valence-electron chi connectivity index (χ2n) is 6.39. The lowest BCUT2D eigenvalue weighted by Crippen LogP contribution is -2.65. The van der Waals surface area contributed by atoms with Crippen LogP contribution in [0.5, 0.6) is 0 Å². The van der Waals surface area contributed by atoms with Gasteiger partial charge in [0.1, 0.15) is 36.6 Å². The number of ether oxygens (including phenoxy) is 2. The highest BCUT2D eigenvalue weighted by Crippen LogP contribution is 2.27. The van der Waals surface area contributed by atoms with Crippen LogP contribution in [0, 0.1) is 0 Å². The normalized spacial score (nSPS) is 44.3. The number of hydrogen-bond acceptors (Lipinski definition) is 13. The Morgan fingerprint density at radius 3 is 2.00 bits per heavy atom. The Balaban J connectivity index is 2.10. The molecule has 164 valence electrons. The highest BCUT2D eigenvalue weighted by molar-refractivity contribution is 5.73. The predicted molar refractivity (Wildman–Crippen MR) is 82.8 cm³/mol. The summed E-state index contributed by atoms with van der Waals surface area (Å²) in [5.74, 6) is -0.586. The van der Waals surface area contributed by atoms with Crippen LogP contribution in [0.3, 0.4) is 0 Å². The third-order valence-corrected chi connectivity index (χ3v) is 4.46. The van der Waals surface area contributed by atoms with E-state index in [1.807, 2.05) is 0 Å². The van der Waals surface area contributed by atoms with Crippen LogP contribution >= 0.6 is 0 Å². The van der Waals surface area contributed by atoms with Crippen molar-refractivity contribution in [3.8, 4) is 0 Å². The summed E-state index contributed by atoms with van der Waals surface area (Å²) in [6, 6.07) is -1.32. The number of rotatable bonds is 7. The van der Waals surface area contributed by atoms with Gasteiger partial charge in [-0.15, -0.1) is 0 Å². The predicted octanol–water partition coefficient (Wildman–Crippen LogP) is -4.82. The number of aliphatic hydroxyl groups is 6. The molecule has 14 heteroatoms. The van der Waals surface area contributed by atoms with Crippen LogP contribution in [-0.2, 0) is 28.9 Å². The van der Waals surface area contributed by atoms with Crippen molar-refractivity contribution in [2.45, 2.75) is 68.3 Å². The SMILES string of the molecule is CC(=O)N[C@@H]1[C@@H](O)[C@H](OO[C@H]2[C@@H](OO)[C@H](O)[C@@H](CO)O[C@H]2O)[C@@H](CO)O[C@@H]1O. The first-order chi connectivity index (χ1) is 13.2. The number of carbonyl (C=O) groups is 1. The van der Waals surface area contributed by atoms with Crippen LogP contribution < -0.4 is 5.32 Å². The summed E-state index contributed by atoms with van der Waals surface area (Å²) in [5, 5.41) is 69.9. The molecule has 2 fully saturated rings. The average Bonchev–Trinajstić information content (AvgIpc) is 2.65. The van der Waals surface area contributed by atoms with Gasteiger partial charge >= 0.3 is 0 Å². The summed E-state index contributed by atoms with van der Waals surface area (Å²) in [4.78, 5) is 25.3. The minimum Gasteiger partial charge on any atom is -0.394 e. The van der Waals surface area contributed by atoms with Crippen LogP contribution in [0.25, 0.3) is 0 Å². The summed E-state index contributed by atoms with van der Waals surface area (Å²) < 4.78 is 10.00. The fourth-order valence-electron chi connectivity index (χ4n) is 3.00. The first-order valence-electron chi connectivity index (χ1n) is 8.39. The molecule has 0 unspecified atom stereocenters. The Morgan fingerprint density at radius 2 is 1.46 bits per heavy atom. The smallest absolute Gasteiger partial charge is 0.217 e. The maximum Gasteiger partial charge on any atom is 0.217 e. The van der Waals surface area contributed by atoms with Crippen molar-refractivity contribution in [2.24, 2.45) is 0 Å². The van der Waals surface area contributed by atoms with Crippen molar-refractivity contribution in [3.05, 3.63) is 0 Å². The largest absolute Gasteiger partial charge is 0.394 e. The first kappa shape index (κ1) is 23.3. The van der Waals surface area contributed by atoms with Crippen LogP contribution in [0.2, 0.25) is 0 Å². The lowest BCUT2D eigenvalue weighted by molar-refractivity contribution is -0.462. The number of nitrogens with one attached hydrogen (secondary N) is 1.